The van der Waals surface area contributed by atoms with Gasteiger partial charge in [-0.15, -0.1) is 0 Å². The third-order valence-corrected chi connectivity index (χ3v) is 2.00. The van der Waals surface area contributed by atoms with E-state index in [1.165, 1.54) is 0 Å². The van der Waals surface area contributed by atoms with E-state index in [0.29, 0.717) is 0 Å². The molecule has 0 aromatic carbocycles. The van der Waals surface area contributed by atoms with Crippen LogP contribution in [0.2, 0.25) is 0 Å². The van der Waals surface area contributed by atoms with Crippen molar-refractivity contribution >= 4 is 12.3 Å². The molecule has 0 fully saturated rings. The molecule has 0 saturated carbocycles. The number of aldehydes is 1. The molecule has 0 amide bonds. The molecule has 0 aromatic heterocycles. The third-order valence-electron chi connectivity index (χ3n) is 2.00. The van der Waals surface area contributed by atoms with Crippen LogP contribution in [0.15, 0.2) is 0 Å². The summed E-state index contributed by atoms with van der Waals surface area (Å²) in [6.07, 6.45) is -8.65. The van der Waals surface area contributed by atoms with Gasteiger partial charge in [0, 0.05) is 6.61 Å². The van der Waals surface area contributed by atoms with Crippen molar-refractivity contribution in [2.75, 3.05) is 13.2 Å². The molecule has 20 heavy (non-hydrogen) atoms. The molecule has 0 rings (SSSR count). The highest BCUT2D eigenvalue weighted by Crippen LogP contribution is 2.08. The topological polar surface area (TPSA) is 165 Å². The summed E-state index contributed by atoms with van der Waals surface area (Å²) in [6.45, 7) is 2.18. The molecule has 9 heteroatoms. The Balaban J connectivity index is 0. The Morgan fingerprint density at radius 2 is 1.60 bits per heavy atom. The van der Waals surface area contributed by atoms with Crippen LogP contribution < -0.4 is 0 Å². The van der Waals surface area contributed by atoms with Gasteiger partial charge in [0.2, 0.25) is 0 Å². The molecule has 0 spiro atoms. The average Bonchev–Trinajstić information content (AvgIpc) is 2.42. The van der Waals surface area contributed by atoms with E-state index in [1.807, 2.05) is 0 Å². The Kier molecular flexibility index (Phi) is 12.4. The summed E-state index contributed by atoms with van der Waals surface area (Å²) >= 11 is 0. The lowest BCUT2D eigenvalue weighted by Crippen LogP contribution is -2.48. The van der Waals surface area contributed by atoms with Crippen molar-refractivity contribution < 1.29 is 45.0 Å². The molecule has 0 aliphatic rings. The van der Waals surface area contributed by atoms with E-state index >= 15 is 0 Å². The molecule has 0 heterocycles. The van der Waals surface area contributed by atoms with Crippen molar-refractivity contribution in [3.8, 4) is 0 Å². The molecule has 6 N–H and O–H groups in total. The van der Waals surface area contributed by atoms with Crippen LogP contribution in [0.25, 0.3) is 0 Å². The van der Waals surface area contributed by atoms with Crippen molar-refractivity contribution in [1.29, 1.82) is 0 Å². The summed E-state index contributed by atoms with van der Waals surface area (Å²) in [6, 6.07) is 0. The number of hydrogen-bond donors (Lipinski definition) is 6. The van der Waals surface area contributed by atoms with Gasteiger partial charge < -0.3 is 35.4 Å². The number of aliphatic hydroxyl groups excluding tert-OH is 6. The summed E-state index contributed by atoms with van der Waals surface area (Å²) < 4.78 is 4.38. The van der Waals surface area contributed by atoms with Gasteiger partial charge in [-0.3, -0.25) is 4.79 Å². The lowest BCUT2D eigenvalue weighted by molar-refractivity contribution is -0.174. The predicted octanol–water partition coefficient (Wildman–Crippen LogP) is -3.45. The van der Waals surface area contributed by atoms with Gasteiger partial charge in [-0.1, -0.05) is 0 Å². The molecule has 120 valence electrons. The predicted molar refractivity (Wildman–Crippen MR) is 65.5 cm³/mol. The first kappa shape index (κ1) is 21.2. The van der Waals surface area contributed by atoms with E-state index < -0.39 is 43.1 Å². The standard InChI is InChI=1S/C9H16O8.C2H6O/c1-4(12)9(16)17-6(3-11)8(15)7(14)5(13)2-10;1-2-3/h3-8,10,12-15H,2H2,1H3;3H,2H2,1H3/t4?,5-,6+,7-,8-;/m1./s1. The van der Waals surface area contributed by atoms with Gasteiger partial charge in [0.25, 0.3) is 0 Å². The normalized spacial score (nSPS) is 17.8. The Morgan fingerprint density at radius 3 is 1.90 bits per heavy atom. The Bertz CT molecular complexity index is 269. The van der Waals surface area contributed by atoms with Crippen molar-refractivity contribution in [3.63, 3.8) is 0 Å². The van der Waals surface area contributed by atoms with Crippen LogP contribution in [0.5, 0.6) is 0 Å². The number of rotatable bonds is 7. The molecular weight excluding hydrogens is 276 g/mol. The molecule has 0 saturated heterocycles. The quantitative estimate of drug-likeness (QED) is 0.207. The second kappa shape index (κ2) is 11.7. The third kappa shape index (κ3) is 8.15. The molecule has 0 aromatic rings. The zero-order chi connectivity index (χ0) is 16.3. The number of carbonyl (C=O) groups is 2. The molecule has 1 unspecified atom stereocenters. The fourth-order valence-electron chi connectivity index (χ4n) is 0.941. The van der Waals surface area contributed by atoms with Gasteiger partial charge in [-0.25, -0.2) is 4.79 Å². The number of hydrogen-bond acceptors (Lipinski definition) is 9. The van der Waals surface area contributed by atoms with Crippen molar-refractivity contribution in [1.82, 2.24) is 0 Å². The zero-order valence-corrected chi connectivity index (χ0v) is 11.3. The summed E-state index contributed by atoms with van der Waals surface area (Å²) in [5, 5.41) is 52.6. The maximum atomic E-state index is 10.9. The second-order valence-corrected chi connectivity index (χ2v) is 3.76. The van der Waals surface area contributed by atoms with Gasteiger partial charge in [0.15, 0.2) is 12.4 Å². The Labute approximate surface area is 116 Å². The lowest BCUT2D eigenvalue weighted by Gasteiger charge is -2.25. The van der Waals surface area contributed by atoms with Gasteiger partial charge in [-0.2, -0.15) is 0 Å². The highest BCUT2D eigenvalue weighted by Gasteiger charge is 2.34. The van der Waals surface area contributed by atoms with Crippen molar-refractivity contribution in [2.24, 2.45) is 0 Å². The van der Waals surface area contributed by atoms with Crippen LogP contribution in [0, 0.1) is 0 Å². The molecule has 9 nitrogen and oxygen atoms in total. The van der Waals surface area contributed by atoms with Gasteiger partial charge in [0.05, 0.1) is 6.61 Å². The summed E-state index contributed by atoms with van der Waals surface area (Å²) in [5.41, 5.74) is 0. The van der Waals surface area contributed by atoms with Crippen LogP contribution in [-0.2, 0) is 14.3 Å². The first-order valence-corrected chi connectivity index (χ1v) is 5.86. The molecule has 0 radical (unpaired) electrons. The first-order chi connectivity index (χ1) is 9.26. The minimum atomic E-state index is -1.91. The maximum Gasteiger partial charge on any atom is 0.335 e. The van der Waals surface area contributed by atoms with Gasteiger partial charge >= 0.3 is 5.97 Å². The van der Waals surface area contributed by atoms with Crippen LogP contribution in [0.3, 0.4) is 0 Å². The fourth-order valence-corrected chi connectivity index (χ4v) is 0.941. The largest absolute Gasteiger partial charge is 0.450 e. The summed E-state index contributed by atoms with van der Waals surface area (Å²) in [7, 11) is 0. The Morgan fingerprint density at radius 1 is 1.15 bits per heavy atom. The summed E-state index contributed by atoms with van der Waals surface area (Å²) in [5.74, 6) is -1.16. The van der Waals surface area contributed by atoms with E-state index in [-0.39, 0.29) is 12.9 Å². The monoisotopic (exact) mass is 298 g/mol. The van der Waals surface area contributed by atoms with E-state index in [9.17, 15) is 19.8 Å². The highest BCUT2D eigenvalue weighted by molar-refractivity contribution is 5.76. The average molecular weight is 298 g/mol. The van der Waals surface area contributed by atoms with Crippen LogP contribution in [0.1, 0.15) is 13.8 Å². The SMILES string of the molecule is CC(O)C(=O)O[C@@H](C=O)[C@@H](O)[C@H](O)[C@H](O)CO.CCO. The van der Waals surface area contributed by atoms with E-state index in [4.69, 9.17) is 20.4 Å². The fraction of sp³-hybridized carbons (Fsp3) is 0.818. The highest BCUT2D eigenvalue weighted by atomic mass is 16.6. The second-order valence-electron chi connectivity index (χ2n) is 3.76. The van der Waals surface area contributed by atoms with Crippen molar-refractivity contribution in [3.05, 3.63) is 0 Å². The van der Waals surface area contributed by atoms with E-state index in [0.717, 1.165) is 6.92 Å². The minimum absolute atomic E-state index is 0.0399. The minimum Gasteiger partial charge on any atom is -0.450 e. The zero-order valence-electron chi connectivity index (χ0n) is 11.3. The van der Waals surface area contributed by atoms with Crippen molar-refractivity contribution in [2.45, 2.75) is 44.4 Å². The first-order valence-electron chi connectivity index (χ1n) is 5.86. The molecule has 0 aliphatic heterocycles. The van der Waals surface area contributed by atoms with E-state index in [2.05, 4.69) is 4.74 Å². The number of esters is 1. The molecule has 5 atom stereocenters. The smallest absolute Gasteiger partial charge is 0.335 e. The Hall–Kier alpha value is -1.10. The summed E-state index contributed by atoms with van der Waals surface area (Å²) in [4.78, 5) is 21.5. The number of carbonyl (C=O) groups excluding carboxylic acids is 2. The molecular formula is C11H22O9. The van der Waals surface area contributed by atoms with Gasteiger partial charge in [-0.05, 0) is 13.8 Å². The molecule has 0 aliphatic carbocycles. The number of aliphatic hydroxyl groups is 6. The number of ether oxygens (including phenoxy) is 1. The van der Waals surface area contributed by atoms with Crippen LogP contribution in [0.4, 0.5) is 0 Å². The lowest BCUT2D eigenvalue weighted by atomic mass is 10.0. The maximum absolute atomic E-state index is 10.9. The molecule has 0 bridgehead atoms. The van der Waals surface area contributed by atoms with Crippen LogP contribution in [-0.4, -0.2) is 86.6 Å². The van der Waals surface area contributed by atoms with E-state index in [1.54, 1.807) is 6.92 Å². The van der Waals surface area contributed by atoms with Gasteiger partial charge in [0.1, 0.15) is 24.4 Å². The van der Waals surface area contributed by atoms with Crippen LogP contribution >= 0.6 is 0 Å².